The Bertz CT molecular complexity index is 183. The summed E-state index contributed by atoms with van der Waals surface area (Å²) in [5.41, 5.74) is 0. The van der Waals surface area contributed by atoms with Crippen LogP contribution < -0.4 is 0 Å². The number of esters is 1. The molecule has 0 N–H and O–H groups in total. The van der Waals surface area contributed by atoms with Crippen molar-refractivity contribution in [3.8, 4) is 0 Å². The molecule has 0 aliphatic rings. The minimum Gasteiger partial charge on any atom is -0.464 e. The molecule has 0 aliphatic heterocycles. The smallest absolute Gasteiger partial charge is 0.331 e. The molecule has 0 unspecified atom stereocenters. The fourth-order valence-corrected chi connectivity index (χ4v) is 0.628. The molecule has 0 aliphatic carbocycles. The maximum Gasteiger partial charge on any atom is 0.331 e. The van der Waals surface area contributed by atoms with Gasteiger partial charge < -0.3 is 4.74 Å². The minimum atomic E-state index is -1.16. The van der Waals surface area contributed by atoms with E-state index in [2.05, 4.69) is 4.74 Å². The first kappa shape index (κ1) is 10.9. The van der Waals surface area contributed by atoms with Crippen molar-refractivity contribution in [2.45, 2.75) is 26.8 Å². The molecule has 0 bridgehead atoms. The molecule has 0 aromatic carbocycles. The van der Waals surface area contributed by atoms with Crippen LogP contribution in [0.15, 0.2) is 0 Å². The van der Waals surface area contributed by atoms with Gasteiger partial charge in [-0.2, -0.15) is 5.12 Å². The van der Waals surface area contributed by atoms with E-state index in [0.29, 0.717) is 0 Å². The fraction of sp³-hybridized carbons (Fsp3) is 0.714. The molecule has 0 fully saturated rings. The van der Waals surface area contributed by atoms with E-state index < -0.39 is 17.9 Å². The molecule has 0 rings (SSSR count). The van der Waals surface area contributed by atoms with Crippen molar-refractivity contribution in [1.82, 2.24) is 5.12 Å². The van der Waals surface area contributed by atoms with Gasteiger partial charge in [-0.25, -0.2) is 4.79 Å². The molecular weight excluding hydrogens is 165 g/mol. The lowest BCUT2D eigenvalue weighted by molar-refractivity contribution is -0.166. The Morgan fingerprint density at radius 1 is 1.58 bits per heavy atom. The molecule has 4 nitrogen and oxygen atoms in total. The number of halogens is 1. The van der Waals surface area contributed by atoms with Crippen LogP contribution >= 0.6 is 0 Å². The third kappa shape index (κ3) is 2.86. The second kappa shape index (κ2) is 4.69. The highest BCUT2D eigenvalue weighted by molar-refractivity contribution is 5.82. The van der Waals surface area contributed by atoms with Gasteiger partial charge in [-0.3, -0.25) is 4.79 Å². The highest BCUT2D eigenvalue weighted by atomic mass is 19.2. The molecule has 1 amide bonds. The quantitative estimate of drug-likeness (QED) is 0.470. The zero-order chi connectivity index (χ0) is 9.72. The van der Waals surface area contributed by atoms with E-state index in [0.717, 1.165) is 6.92 Å². The molecule has 5 heteroatoms. The molecule has 70 valence electrons. The SMILES string of the molecule is CCOC(=O)[C@H](C)N(F)C(C)=O. The first-order valence-electron chi connectivity index (χ1n) is 3.63. The molecule has 0 aromatic rings. The second-order valence-corrected chi connectivity index (χ2v) is 2.26. The summed E-state index contributed by atoms with van der Waals surface area (Å²) in [7, 11) is 0. The van der Waals surface area contributed by atoms with E-state index in [9.17, 15) is 14.1 Å². The van der Waals surface area contributed by atoms with E-state index in [4.69, 9.17) is 0 Å². The monoisotopic (exact) mass is 177 g/mol. The van der Waals surface area contributed by atoms with Gasteiger partial charge in [0.15, 0.2) is 6.04 Å². The van der Waals surface area contributed by atoms with Gasteiger partial charge >= 0.3 is 5.97 Å². The second-order valence-electron chi connectivity index (χ2n) is 2.26. The summed E-state index contributed by atoms with van der Waals surface area (Å²) >= 11 is 0. The Morgan fingerprint density at radius 2 is 2.08 bits per heavy atom. The van der Waals surface area contributed by atoms with Crippen molar-refractivity contribution in [3.05, 3.63) is 0 Å². The van der Waals surface area contributed by atoms with Crippen LogP contribution in [0.5, 0.6) is 0 Å². The number of rotatable bonds is 3. The first-order valence-corrected chi connectivity index (χ1v) is 3.63. The van der Waals surface area contributed by atoms with Crippen LogP contribution in [0.3, 0.4) is 0 Å². The van der Waals surface area contributed by atoms with Gasteiger partial charge in [0.05, 0.1) is 6.61 Å². The highest BCUT2D eigenvalue weighted by Gasteiger charge is 2.24. The summed E-state index contributed by atoms with van der Waals surface area (Å²) < 4.78 is 17.2. The Kier molecular flexibility index (Phi) is 4.25. The molecule has 0 heterocycles. The summed E-state index contributed by atoms with van der Waals surface area (Å²) in [6.45, 7) is 4.09. The van der Waals surface area contributed by atoms with Gasteiger partial charge in [-0.15, -0.1) is 0 Å². The number of carbonyl (C=O) groups excluding carboxylic acids is 2. The van der Waals surface area contributed by atoms with Crippen LogP contribution in [0, 0.1) is 0 Å². The summed E-state index contributed by atoms with van der Waals surface area (Å²) in [4.78, 5) is 21.3. The number of hydrogen-bond acceptors (Lipinski definition) is 3. The van der Waals surface area contributed by atoms with Crippen LogP contribution in [-0.2, 0) is 14.3 Å². The predicted octanol–water partition coefficient (Wildman–Crippen LogP) is 0.671. The average molecular weight is 177 g/mol. The molecule has 1 atom stereocenters. The van der Waals surface area contributed by atoms with Gasteiger partial charge in [-0.1, -0.05) is 4.48 Å². The summed E-state index contributed by atoms with van der Waals surface area (Å²) in [6, 6.07) is -1.16. The molecule has 0 radical (unpaired) electrons. The van der Waals surface area contributed by atoms with Crippen molar-refractivity contribution < 1.29 is 18.8 Å². The summed E-state index contributed by atoms with van der Waals surface area (Å²) in [5.74, 6) is -1.55. The van der Waals surface area contributed by atoms with Crippen molar-refractivity contribution >= 4 is 11.9 Å². The maximum absolute atomic E-state index is 12.7. The number of ether oxygens (including phenoxy) is 1. The Hall–Kier alpha value is -1.13. The zero-order valence-corrected chi connectivity index (χ0v) is 7.33. The van der Waals surface area contributed by atoms with Crippen LogP contribution in [-0.4, -0.2) is 29.6 Å². The third-order valence-electron chi connectivity index (χ3n) is 1.27. The van der Waals surface area contributed by atoms with Gasteiger partial charge in [-0.05, 0) is 13.8 Å². The standard InChI is InChI=1S/C7H12FNO3/c1-4-12-7(11)5(2)9(8)6(3)10/h5H,4H2,1-3H3/t5-/m0/s1. The van der Waals surface area contributed by atoms with Crippen LogP contribution in [0.25, 0.3) is 0 Å². The molecule has 0 spiro atoms. The fourth-order valence-electron chi connectivity index (χ4n) is 0.628. The van der Waals surface area contributed by atoms with E-state index in [1.807, 2.05) is 0 Å². The molecular formula is C7H12FNO3. The first-order chi connectivity index (χ1) is 5.50. The Morgan fingerprint density at radius 3 is 2.42 bits per heavy atom. The van der Waals surface area contributed by atoms with Crippen LogP contribution in [0.1, 0.15) is 20.8 Å². The van der Waals surface area contributed by atoms with Gasteiger partial charge in [0.1, 0.15) is 0 Å². The van der Waals surface area contributed by atoms with E-state index in [-0.39, 0.29) is 11.7 Å². The van der Waals surface area contributed by atoms with Crippen molar-refractivity contribution in [2.75, 3.05) is 6.61 Å². The number of carbonyl (C=O) groups is 2. The van der Waals surface area contributed by atoms with Crippen molar-refractivity contribution in [2.24, 2.45) is 0 Å². The Balaban J connectivity index is 4.09. The van der Waals surface area contributed by atoms with Gasteiger partial charge in [0.25, 0.3) is 0 Å². The average Bonchev–Trinajstić information content (AvgIpc) is 2.02. The van der Waals surface area contributed by atoms with Crippen molar-refractivity contribution in [1.29, 1.82) is 0 Å². The molecule has 0 saturated carbocycles. The Labute approximate surface area is 70.2 Å². The molecule has 12 heavy (non-hydrogen) atoms. The lowest BCUT2D eigenvalue weighted by Crippen LogP contribution is -2.37. The number of hydrogen-bond donors (Lipinski definition) is 0. The van der Waals surface area contributed by atoms with Crippen molar-refractivity contribution in [3.63, 3.8) is 0 Å². The predicted molar refractivity (Wildman–Crippen MR) is 39.7 cm³/mol. The number of nitrogens with zero attached hydrogens (tertiary/aromatic N) is 1. The summed E-state index contributed by atoms with van der Waals surface area (Å²) in [6.07, 6.45) is 0. The third-order valence-corrected chi connectivity index (χ3v) is 1.27. The van der Waals surface area contributed by atoms with E-state index in [1.165, 1.54) is 6.92 Å². The largest absolute Gasteiger partial charge is 0.464 e. The zero-order valence-electron chi connectivity index (χ0n) is 7.33. The van der Waals surface area contributed by atoms with Gasteiger partial charge in [0.2, 0.25) is 5.91 Å². The van der Waals surface area contributed by atoms with E-state index in [1.54, 1.807) is 6.92 Å². The normalized spacial score (nSPS) is 12.0. The number of amides is 1. The molecule has 0 saturated heterocycles. The lowest BCUT2D eigenvalue weighted by atomic mass is 10.3. The van der Waals surface area contributed by atoms with Crippen LogP contribution in [0.2, 0.25) is 0 Å². The summed E-state index contributed by atoms with van der Waals surface area (Å²) in [5, 5.41) is -0.155. The maximum atomic E-state index is 12.7. The molecule has 0 aromatic heterocycles. The van der Waals surface area contributed by atoms with Crippen LogP contribution in [0.4, 0.5) is 4.48 Å². The minimum absolute atomic E-state index is 0.155. The van der Waals surface area contributed by atoms with E-state index >= 15 is 0 Å². The topological polar surface area (TPSA) is 46.6 Å². The lowest BCUT2D eigenvalue weighted by Gasteiger charge is -2.16. The van der Waals surface area contributed by atoms with Gasteiger partial charge in [0, 0.05) is 6.92 Å². The highest BCUT2D eigenvalue weighted by Crippen LogP contribution is 2.02.